The first-order valence-corrected chi connectivity index (χ1v) is 7.04. The lowest BCUT2D eigenvalue weighted by Gasteiger charge is -2.13. The van der Waals surface area contributed by atoms with Crippen LogP contribution in [0.1, 0.15) is 29.5 Å². The van der Waals surface area contributed by atoms with E-state index >= 15 is 0 Å². The Bertz CT molecular complexity index is 621. The standard InChI is InChI=1S/C17H15Br/c1-11-3-6-13(7-4-11)15-10-9-14-8-5-12(2)16(14)17(15)18/h3-10,12H,1-2H3. The summed E-state index contributed by atoms with van der Waals surface area (Å²) in [4.78, 5) is 0. The summed E-state index contributed by atoms with van der Waals surface area (Å²) in [6, 6.07) is 13.1. The molecular weight excluding hydrogens is 284 g/mol. The molecule has 2 aromatic rings. The van der Waals surface area contributed by atoms with E-state index in [0.29, 0.717) is 5.92 Å². The Morgan fingerprint density at radius 2 is 1.72 bits per heavy atom. The highest BCUT2D eigenvalue weighted by atomic mass is 79.9. The van der Waals surface area contributed by atoms with Crippen molar-refractivity contribution in [3.05, 3.63) is 63.6 Å². The van der Waals surface area contributed by atoms with Crippen molar-refractivity contribution in [3.63, 3.8) is 0 Å². The highest BCUT2D eigenvalue weighted by molar-refractivity contribution is 9.10. The predicted octanol–water partition coefficient (Wildman–Crippen LogP) is 5.55. The second-order valence-corrected chi connectivity index (χ2v) is 5.74. The number of hydrogen-bond donors (Lipinski definition) is 0. The van der Waals surface area contributed by atoms with E-state index < -0.39 is 0 Å². The molecule has 0 amide bonds. The minimum Gasteiger partial charge on any atom is -0.0766 e. The average Bonchev–Trinajstić information content (AvgIpc) is 2.74. The normalized spacial score (nSPS) is 16.9. The summed E-state index contributed by atoms with van der Waals surface area (Å²) in [5.74, 6) is 0.500. The first-order chi connectivity index (χ1) is 8.66. The van der Waals surface area contributed by atoms with Crippen LogP contribution in [-0.4, -0.2) is 0 Å². The summed E-state index contributed by atoms with van der Waals surface area (Å²) in [5, 5.41) is 0. The smallest absolute Gasteiger partial charge is 0.0297 e. The molecule has 0 radical (unpaired) electrons. The molecule has 1 unspecified atom stereocenters. The zero-order valence-electron chi connectivity index (χ0n) is 10.6. The van der Waals surface area contributed by atoms with Gasteiger partial charge in [-0.2, -0.15) is 0 Å². The summed E-state index contributed by atoms with van der Waals surface area (Å²) in [7, 11) is 0. The lowest BCUT2D eigenvalue weighted by Crippen LogP contribution is -1.92. The van der Waals surface area contributed by atoms with Crippen LogP contribution in [0.2, 0.25) is 0 Å². The second kappa shape index (κ2) is 4.40. The van der Waals surface area contributed by atoms with Crippen LogP contribution in [0.3, 0.4) is 0 Å². The van der Waals surface area contributed by atoms with E-state index in [1.54, 1.807) is 0 Å². The highest BCUT2D eigenvalue weighted by Crippen LogP contribution is 2.41. The van der Waals surface area contributed by atoms with Crippen LogP contribution in [0.25, 0.3) is 17.2 Å². The summed E-state index contributed by atoms with van der Waals surface area (Å²) in [6.07, 6.45) is 4.47. The molecule has 0 aromatic heterocycles. The number of benzene rings is 2. The van der Waals surface area contributed by atoms with Crippen LogP contribution in [0.5, 0.6) is 0 Å². The van der Waals surface area contributed by atoms with Crippen molar-refractivity contribution < 1.29 is 0 Å². The zero-order chi connectivity index (χ0) is 12.7. The van der Waals surface area contributed by atoms with E-state index in [2.05, 4.69) is 78.3 Å². The first-order valence-electron chi connectivity index (χ1n) is 6.24. The number of fused-ring (bicyclic) bond motifs is 1. The summed E-state index contributed by atoms with van der Waals surface area (Å²) in [6.45, 7) is 4.36. The fourth-order valence-corrected chi connectivity index (χ4v) is 3.47. The Balaban J connectivity index is 2.15. The molecule has 0 saturated heterocycles. The Kier molecular flexibility index (Phi) is 2.87. The van der Waals surface area contributed by atoms with Gasteiger partial charge in [0.15, 0.2) is 0 Å². The van der Waals surface area contributed by atoms with Crippen molar-refractivity contribution in [2.24, 2.45) is 0 Å². The maximum absolute atomic E-state index is 3.79. The van der Waals surface area contributed by atoms with Crippen LogP contribution in [0.4, 0.5) is 0 Å². The number of rotatable bonds is 1. The molecule has 0 bridgehead atoms. The van der Waals surface area contributed by atoms with Gasteiger partial charge in [-0.25, -0.2) is 0 Å². The third-order valence-electron chi connectivity index (χ3n) is 3.60. The van der Waals surface area contributed by atoms with Gasteiger partial charge in [0.25, 0.3) is 0 Å². The highest BCUT2D eigenvalue weighted by Gasteiger charge is 2.18. The SMILES string of the molecule is Cc1ccc(-c2ccc3c(c2Br)C(C)C=C3)cc1. The fraction of sp³-hybridized carbons (Fsp3) is 0.176. The Labute approximate surface area is 116 Å². The van der Waals surface area contributed by atoms with Gasteiger partial charge in [-0.05, 0) is 45.1 Å². The van der Waals surface area contributed by atoms with Crippen LogP contribution in [-0.2, 0) is 0 Å². The fourth-order valence-electron chi connectivity index (χ4n) is 2.52. The molecule has 1 atom stereocenters. The molecule has 0 N–H and O–H groups in total. The molecular formula is C17H15Br. The number of aryl methyl sites for hydroxylation is 1. The van der Waals surface area contributed by atoms with E-state index in [1.807, 2.05) is 0 Å². The first kappa shape index (κ1) is 11.7. The van der Waals surface area contributed by atoms with Gasteiger partial charge in [0.05, 0.1) is 0 Å². The van der Waals surface area contributed by atoms with E-state index in [0.717, 1.165) is 0 Å². The van der Waals surface area contributed by atoms with Crippen molar-refractivity contribution in [1.82, 2.24) is 0 Å². The maximum atomic E-state index is 3.79. The summed E-state index contributed by atoms with van der Waals surface area (Å²) >= 11 is 3.79. The lowest BCUT2D eigenvalue weighted by atomic mass is 9.96. The second-order valence-electron chi connectivity index (χ2n) is 4.94. The zero-order valence-corrected chi connectivity index (χ0v) is 12.2. The number of allylic oxidation sites excluding steroid dienone is 1. The number of hydrogen-bond acceptors (Lipinski definition) is 0. The van der Waals surface area contributed by atoms with Gasteiger partial charge >= 0.3 is 0 Å². The largest absolute Gasteiger partial charge is 0.0766 e. The van der Waals surface area contributed by atoms with E-state index in [4.69, 9.17) is 0 Å². The van der Waals surface area contributed by atoms with Crippen molar-refractivity contribution in [2.45, 2.75) is 19.8 Å². The molecule has 0 nitrogen and oxygen atoms in total. The van der Waals surface area contributed by atoms with E-state index in [9.17, 15) is 0 Å². The van der Waals surface area contributed by atoms with Gasteiger partial charge in [0, 0.05) is 10.4 Å². The molecule has 1 aliphatic carbocycles. The molecule has 1 heteroatoms. The van der Waals surface area contributed by atoms with Gasteiger partial charge in [0.1, 0.15) is 0 Å². The number of halogens is 1. The van der Waals surface area contributed by atoms with Crippen LogP contribution < -0.4 is 0 Å². The van der Waals surface area contributed by atoms with Gasteiger partial charge in [-0.1, -0.05) is 61.0 Å². The monoisotopic (exact) mass is 298 g/mol. The third-order valence-corrected chi connectivity index (χ3v) is 4.45. The summed E-state index contributed by atoms with van der Waals surface area (Å²) in [5.41, 5.74) is 6.60. The Hall–Kier alpha value is -1.34. The molecule has 0 spiro atoms. The Morgan fingerprint density at radius 3 is 2.44 bits per heavy atom. The molecule has 3 rings (SSSR count). The van der Waals surface area contributed by atoms with Gasteiger partial charge in [0.2, 0.25) is 0 Å². The molecule has 0 saturated carbocycles. The van der Waals surface area contributed by atoms with Crippen molar-refractivity contribution in [2.75, 3.05) is 0 Å². The predicted molar refractivity (Wildman–Crippen MR) is 81.8 cm³/mol. The van der Waals surface area contributed by atoms with Crippen LogP contribution in [0, 0.1) is 6.92 Å². The molecule has 2 aromatic carbocycles. The molecule has 0 aliphatic heterocycles. The third kappa shape index (κ3) is 1.83. The lowest BCUT2D eigenvalue weighted by molar-refractivity contribution is 0.983. The molecule has 90 valence electrons. The molecule has 1 aliphatic rings. The quantitative estimate of drug-likeness (QED) is 0.647. The molecule has 18 heavy (non-hydrogen) atoms. The van der Waals surface area contributed by atoms with Crippen LogP contribution >= 0.6 is 15.9 Å². The topological polar surface area (TPSA) is 0 Å². The molecule has 0 heterocycles. The minimum absolute atomic E-state index is 0.500. The molecule has 0 fully saturated rings. The van der Waals surface area contributed by atoms with Crippen molar-refractivity contribution in [3.8, 4) is 11.1 Å². The summed E-state index contributed by atoms with van der Waals surface area (Å²) < 4.78 is 1.24. The van der Waals surface area contributed by atoms with Crippen molar-refractivity contribution >= 4 is 22.0 Å². The van der Waals surface area contributed by atoms with Crippen molar-refractivity contribution in [1.29, 1.82) is 0 Å². The maximum Gasteiger partial charge on any atom is 0.0297 e. The van der Waals surface area contributed by atoms with Gasteiger partial charge in [-0.15, -0.1) is 0 Å². The minimum atomic E-state index is 0.500. The van der Waals surface area contributed by atoms with E-state index in [1.165, 1.54) is 32.3 Å². The van der Waals surface area contributed by atoms with E-state index in [-0.39, 0.29) is 0 Å². The van der Waals surface area contributed by atoms with Crippen LogP contribution in [0.15, 0.2) is 46.9 Å². The average molecular weight is 299 g/mol. The Morgan fingerprint density at radius 1 is 1.00 bits per heavy atom. The van der Waals surface area contributed by atoms with Gasteiger partial charge < -0.3 is 0 Å². The van der Waals surface area contributed by atoms with Gasteiger partial charge in [-0.3, -0.25) is 0 Å².